The van der Waals surface area contributed by atoms with Gasteiger partial charge in [-0.25, -0.2) is 0 Å². The summed E-state index contributed by atoms with van der Waals surface area (Å²) in [4.78, 5) is 7.29. The molecule has 2 fully saturated rings. The molecule has 128 valence electrons. The molecule has 0 saturated carbocycles. The first kappa shape index (κ1) is 17.5. The van der Waals surface area contributed by atoms with Crippen LogP contribution in [-0.2, 0) is 4.74 Å². The molecule has 22 heavy (non-hydrogen) atoms. The highest BCUT2D eigenvalue weighted by molar-refractivity contribution is 5.79. The Morgan fingerprint density at radius 1 is 1.14 bits per heavy atom. The fourth-order valence-electron chi connectivity index (χ4n) is 3.24. The summed E-state index contributed by atoms with van der Waals surface area (Å²) >= 11 is 0. The minimum absolute atomic E-state index is 0.0624. The molecule has 0 bridgehead atoms. The van der Waals surface area contributed by atoms with Crippen molar-refractivity contribution in [1.29, 1.82) is 0 Å². The van der Waals surface area contributed by atoms with Gasteiger partial charge in [-0.2, -0.15) is 0 Å². The van der Waals surface area contributed by atoms with Crippen molar-refractivity contribution in [3.8, 4) is 0 Å². The van der Waals surface area contributed by atoms with Gasteiger partial charge in [-0.1, -0.05) is 12.8 Å². The van der Waals surface area contributed by atoms with Crippen LogP contribution in [-0.4, -0.2) is 62.3 Å². The third-order valence-electron chi connectivity index (χ3n) is 4.64. The molecule has 5 nitrogen and oxygen atoms in total. The molecule has 0 aromatic rings. The number of nitrogens with zero attached hydrogens (tertiary/aromatic N) is 2. The van der Waals surface area contributed by atoms with Crippen LogP contribution in [0.1, 0.15) is 52.4 Å². The Kier molecular flexibility index (Phi) is 7.46. The molecule has 5 heteroatoms. The average molecular weight is 310 g/mol. The standard InChI is InChI=1S/C17H34N4O/c1-3-18-16(20-15-17(2)9-8-14-22-17)19-10-13-21-11-6-4-5-7-12-21/h3-15H2,1-2H3,(H2,18,19,20). The molecule has 2 aliphatic heterocycles. The van der Waals surface area contributed by atoms with Crippen molar-refractivity contribution in [2.45, 2.75) is 58.0 Å². The minimum atomic E-state index is -0.0624. The molecule has 0 aromatic carbocycles. The molecule has 2 N–H and O–H groups in total. The van der Waals surface area contributed by atoms with Gasteiger partial charge in [-0.15, -0.1) is 0 Å². The Bertz CT molecular complexity index is 332. The maximum Gasteiger partial charge on any atom is 0.191 e. The summed E-state index contributed by atoms with van der Waals surface area (Å²) in [7, 11) is 0. The fraction of sp³-hybridized carbons (Fsp3) is 0.941. The van der Waals surface area contributed by atoms with Crippen LogP contribution in [0.25, 0.3) is 0 Å². The van der Waals surface area contributed by atoms with E-state index in [0.29, 0.717) is 0 Å². The number of ether oxygens (including phenoxy) is 1. The molecule has 0 amide bonds. The van der Waals surface area contributed by atoms with Gasteiger partial charge in [0, 0.05) is 26.2 Å². The van der Waals surface area contributed by atoms with Crippen LogP contribution >= 0.6 is 0 Å². The van der Waals surface area contributed by atoms with E-state index in [1.807, 2.05) is 0 Å². The van der Waals surface area contributed by atoms with Crippen molar-refractivity contribution >= 4 is 5.96 Å². The summed E-state index contributed by atoms with van der Waals surface area (Å²) in [5.74, 6) is 0.925. The number of rotatable bonds is 6. The van der Waals surface area contributed by atoms with E-state index < -0.39 is 0 Å². The Labute approximate surface area is 135 Å². The highest BCUT2D eigenvalue weighted by Crippen LogP contribution is 2.24. The number of guanidine groups is 1. The third-order valence-corrected chi connectivity index (χ3v) is 4.64. The van der Waals surface area contributed by atoms with Gasteiger partial charge in [0.2, 0.25) is 0 Å². The van der Waals surface area contributed by atoms with Gasteiger partial charge in [-0.05, 0) is 52.6 Å². The lowest BCUT2D eigenvalue weighted by Gasteiger charge is -2.23. The number of aliphatic imine (C=N–C) groups is 1. The SMILES string of the molecule is CCNC(=NCC1(C)CCCO1)NCCN1CCCCCC1. The van der Waals surface area contributed by atoms with E-state index in [-0.39, 0.29) is 5.60 Å². The summed E-state index contributed by atoms with van der Waals surface area (Å²) in [6, 6.07) is 0. The Balaban J connectivity index is 1.73. The molecule has 2 rings (SSSR count). The average Bonchev–Trinajstić information content (AvgIpc) is 2.78. The van der Waals surface area contributed by atoms with Crippen LogP contribution in [0.5, 0.6) is 0 Å². The fourth-order valence-corrected chi connectivity index (χ4v) is 3.24. The van der Waals surface area contributed by atoms with Crippen molar-refractivity contribution in [1.82, 2.24) is 15.5 Å². The van der Waals surface area contributed by atoms with Gasteiger partial charge in [0.05, 0.1) is 12.1 Å². The molecular formula is C17H34N4O. The quantitative estimate of drug-likeness (QED) is 0.582. The van der Waals surface area contributed by atoms with Crippen LogP contribution in [0.2, 0.25) is 0 Å². The Morgan fingerprint density at radius 2 is 1.91 bits per heavy atom. The number of hydrogen-bond acceptors (Lipinski definition) is 3. The summed E-state index contributed by atoms with van der Waals surface area (Å²) < 4.78 is 5.81. The largest absolute Gasteiger partial charge is 0.373 e. The lowest BCUT2D eigenvalue weighted by molar-refractivity contribution is 0.0283. The van der Waals surface area contributed by atoms with Gasteiger partial charge in [0.15, 0.2) is 5.96 Å². The second-order valence-electron chi connectivity index (χ2n) is 6.78. The smallest absolute Gasteiger partial charge is 0.191 e. The van der Waals surface area contributed by atoms with E-state index in [1.54, 1.807) is 0 Å². The number of nitrogens with one attached hydrogen (secondary N) is 2. The Hall–Kier alpha value is -0.810. The van der Waals surface area contributed by atoms with Crippen LogP contribution < -0.4 is 10.6 Å². The van der Waals surface area contributed by atoms with Crippen molar-refractivity contribution in [3.63, 3.8) is 0 Å². The van der Waals surface area contributed by atoms with E-state index in [4.69, 9.17) is 9.73 Å². The third kappa shape index (κ3) is 6.13. The molecule has 2 saturated heterocycles. The van der Waals surface area contributed by atoms with Crippen LogP contribution in [0.4, 0.5) is 0 Å². The van der Waals surface area contributed by atoms with Gasteiger partial charge in [0.1, 0.15) is 0 Å². The van der Waals surface area contributed by atoms with Gasteiger partial charge >= 0.3 is 0 Å². The Morgan fingerprint density at radius 3 is 2.55 bits per heavy atom. The highest BCUT2D eigenvalue weighted by atomic mass is 16.5. The van der Waals surface area contributed by atoms with Gasteiger partial charge < -0.3 is 20.3 Å². The van der Waals surface area contributed by atoms with Crippen molar-refractivity contribution in [2.75, 3.05) is 45.9 Å². The highest BCUT2D eigenvalue weighted by Gasteiger charge is 2.29. The first-order chi connectivity index (χ1) is 10.7. The molecule has 0 spiro atoms. The zero-order valence-corrected chi connectivity index (χ0v) is 14.5. The topological polar surface area (TPSA) is 48.9 Å². The lowest BCUT2D eigenvalue weighted by Crippen LogP contribution is -2.42. The molecule has 0 aliphatic carbocycles. The molecule has 2 aliphatic rings. The summed E-state index contributed by atoms with van der Waals surface area (Å²) in [6.07, 6.45) is 7.77. The van der Waals surface area contributed by atoms with Gasteiger partial charge in [0.25, 0.3) is 0 Å². The zero-order chi connectivity index (χ0) is 15.7. The first-order valence-corrected chi connectivity index (χ1v) is 9.10. The summed E-state index contributed by atoms with van der Waals surface area (Å²) in [5.41, 5.74) is -0.0624. The predicted octanol–water partition coefficient (Wildman–Crippen LogP) is 1.99. The minimum Gasteiger partial charge on any atom is -0.373 e. The van der Waals surface area contributed by atoms with Crippen LogP contribution in [0, 0.1) is 0 Å². The van der Waals surface area contributed by atoms with Crippen molar-refractivity contribution in [2.24, 2.45) is 4.99 Å². The number of likely N-dealkylation sites (tertiary alicyclic amines) is 1. The molecular weight excluding hydrogens is 276 g/mol. The summed E-state index contributed by atoms with van der Waals surface area (Å²) in [6.45, 7) is 11.4. The molecule has 2 heterocycles. The molecule has 0 radical (unpaired) electrons. The van der Waals surface area contributed by atoms with E-state index >= 15 is 0 Å². The summed E-state index contributed by atoms with van der Waals surface area (Å²) in [5, 5.41) is 6.81. The van der Waals surface area contributed by atoms with Gasteiger partial charge in [-0.3, -0.25) is 4.99 Å². The molecule has 0 aromatic heterocycles. The van der Waals surface area contributed by atoms with E-state index in [1.165, 1.54) is 38.8 Å². The molecule has 1 atom stereocenters. The first-order valence-electron chi connectivity index (χ1n) is 9.10. The lowest BCUT2D eigenvalue weighted by atomic mass is 10.0. The van der Waals surface area contributed by atoms with Crippen molar-refractivity contribution in [3.05, 3.63) is 0 Å². The van der Waals surface area contributed by atoms with E-state index in [0.717, 1.165) is 51.6 Å². The maximum atomic E-state index is 5.81. The second-order valence-corrected chi connectivity index (χ2v) is 6.78. The van der Waals surface area contributed by atoms with E-state index in [2.05, 4.69) is 29.4 Å². The monoisotopic (exact) mass is 310 g/mol. The maximum absolute atomic E-state index is 5.81. The zero-order valence-electron chi connectivity index (χ0n) is 14.5. The van der Waals surface area contributed by atoms with Crippen LogP contribution in [0.3, 0.4) is 0 Å². The van der Waals surface area contributed by atoms with E-state index in [9.17, 15) is 0 Å². The second kappa shape index (κ2) is 9.36. The number of hydrogen-bond donors (Lipinski definition) is 2. The van der Waals surface area contributed by atoms with Crippen molar-refractivity contribution < 1.29 is 4.74 Å². The molecule has 1 unspecified atom stereocenters. The van der Waals surface area contributed by atoms with Crippen LogP contribution in [0.15, 0.2) is 4.99 Å². The normalized spacial score (nSPS) is 27.6. The predicted molar refractivity (Wildman–Crippen MR) is 92.5 cm³/mol.